The van der Waals surface area contributed by atoms with Crippen LogP contribution in [0.15, 0.2) is 42.5 Å². The lowest BCUT2D eigenvalue weighted by atomic mass is 9.86. The minimum atomic E-state index is -0.936. The zero-order valence-electron chi connectivity index (χ0n) is 11.2. The van der Waals surface area contributed by atoms with Gasteiger partial charge in [0.15, 0.2) is 11.5 Å². The average Bonchev–Trinajstić information content (AvgIpc) is 2.48. The predicted molar refractivity (Wildman–Crippen MR) is 76.3 cm³/mol. The molecule has 0 radical (unpaired) electrons. The minimum Gasteiger partial charge on any atom is -0.504 e. The highest BCUT2D eigenvalue weighted by Crippen LogP contribution is 2.37. The molecule has 1 aliphatic rings. The first kappa shape index (κ1) is 13.5. The molecule has 21 heavy (non-hydrogen) atoms. The Morgan fingerprint density at radius 3 is 2.43 bits per heavy atom. The number of aliphatic carboxylic acids is 1. The van der Waals surface area contributed by atoms with Crippen LogP contribution < -0.4 is 5.32 Å². The second kappa shape index (κ2) is 5.10. The van der Waals surface area contributed by atoms with Crippen molar-refractivity contribution in [1.29, 1.82) is 0 Å². The highest BCUT2D eigenvalue weighted by atomic mass is 16.4. The lowest BCUT2D eigenvalue weighted by Crippen LogP contribution is -2.45. The van der Waals surface area contributed by atoms with Crippen LogP contribution in [0.25, 0.3) is 0 Å². The number of hydrogen-bond acceptors (Lipinski definition) is 4. The highest BCUT2D eigenvalue weighted by molar-refractivity contribution is 5.75. The number of hydrogen-bond donors (Lipinski definition) is 4. The van der Waals surface area contributed by atoms with Gasteiger partial charge < -0.3 is 15.3 Å². The number of phenols is 2. The summed E-state index contributed by atoms with van der Waals surface area (Å²) in [6, 6.07) is 11.3. The lowest BCUT2D eigenvalue weighted by molar-refractivity contribution is -0.139. The molecule has 2 aromatic carbocycles. The third kappa shape index (κ3) is 2.43. The van der Waals surface area contributed by atoms with Gasteiger partial charge in [0.05, 0.1) is 6.04 Å². The molecule has 108 valence electrons. The molecule has 0 spiro atoms. The van der Waals surface area contributed by atoms with Crippen molar-refractivity contribution >= 4 is 5.97 Å². The van der Waals surface area contributed by atoms with Gasteiger partial charge in [0, 0.05) is 0 Å². The number of rotatable bonds is 2. The maximum Gasteiger partial charge on any atom is 0.321 e. The van der Waals surface area contributed by atoms with E-state index in [2.05, 4.69) is 5.32 Å². The van der Waals surface area contributed by atoms with E-state index in [4.69, 9.17) is 0 Å². The van der Waals surface area contributed by atoms with Crippen molar-refractivity contribution < 1.29 is 20.1 Å². The van der Waals surface area contributed by atoms with E-state index in [1.165, 1.54) is 12.1 Å². The molecular weight excluding hydrogens is 270 g/mol. The molecule has 3 rings (SSSR count). The van der Waals surface area contributed by atoms with E-state index in [0.29, 0.717) is 0 Å². The Morgan fingerprint density at radius 2 is 1.76 bits per heavy atom. The third-order valence-electron chi connectivity index (χ3n) is 3.77. The van der Waals surface area contributed by atoms with Gasteiger partial charge in [-0.25, -0.2) is 0 Å². The molecule has 1 heterocycles. The number of carboxylic acid groups (broad SMARTS) is 1. The molecule has 4 N–H and O–H groups in total. The summed E-state index contributed by atoms with van der Waals surface area (Å²) in [5.41, 5.74) is 2.43. The van der Waals surface area contributed by atoms with Crippen LogP contribution in [0.4, 0.5) is 0 Å². The Labute approximate surface area is 121 Å². The van der Waals surface area contributed by atoms with Gasteiger partial charge in [-0.05, 0) is 35.2 Å². The number of carbonyl (C=O) groups is 1. The fourth-order valence-electron chi connectivity index (χ4n) is 2.73. The fraction of sp³-hybridized carbons (Fsp3) is 0.188. The van der Waals surface area contributed by atoms with Gasteiger partial charge in [0.25, 0.3) is 0 Å². The molecule has 0 aliphatic carbocycles. The van der Waals surface area contributed by atoms with Crippen LogP contribution >= 0.6 is 0 Å². The normalized spacial score (nSPS) is 20.8. The van der Waals surface area contributed by atoms with Gasteiger partial charge in [-0.3, -0.25) is 10.1 Å². The van der Waals surface area contributed by atoms with Crippen LogP contribution in [0.1, 0.15) is 22.7 Å². The monoisotopic (exact) mass is 285 g/mol. The minimum absolute atomic E-state index is 0.203. The Morgan fingerprint density at radius 1 is 1.10 bits per heavy atom. The van der Waals surface area contributed by atoms with Gasteiger partial charge in [-0.1, -0.05) is 30.3 Å². The van der Waals surface area contributed by atoms with E-state index < -0.39 is 12.0 Å². The van der Waals surface area contributed by atoms with E-state index in [9.17, 15) is 20.1 Å². The van der Waals surface area contributed by atoms with Gasteiger partial charge in [-0.15, -0.1) is 0 Å². The average molecular weight is 285 g/mol. The Bertz CT molecular complexity index is 684. The first-order valence-electron chi connectivity index (χ1n) is 6.65. The molecule has 0 fully saturated rings. The van der Waals surface area contributed by atoms with Crippen molar-refractivity contribution in [2.75, 3.05) is 0 Å². The predicted octanol–water partition coefficient (Wildman–Crippen LogP) is 1.79. The van der Waals surface area contributed by atoms with Crippen LogP contribution in [0, 0.1) is 0 Å². The summed E-state index contributed by atoms with van der Waals surface area (Å²) in [5, 5.41) is 31.7. The summed E-state index contributed by atoms with van der Waals surface area (Å²) in [4.78, 5) is 11.3. The molecule has 0 amide bonds. The second-order valence-corrected chi connectivity index (χ2v) is 5.15. The van der Waals surface area contributed by atoms with Crippen LogP contribution in [0.2, 0.25) is 0 Å². The molecule has 0 saturated heterocycles. The number of aromatic hydroxyl groups is 2. The summed E-state index contributed by atoms with van der Waals surface area (Å²) in [7, 11) is 0. The maximum absolute atomic E-state index is 11.3. The first-order chi connectivity index (χ1) is 10.1. The zero-order valence-corrected chi connectivity index (χ0v) is 11.2. The quantitative estimate of drug-likeness (QED) is 0.632. The van der Waals surface area contributed by atoms with Gasteiger partial charge in [0.2, 0.25) is 0 Å². The van der Waals surface area contributed by atoms with E-state index in [-0.39, 0.29) is 24.0 Å². The summed E-state index contributed by atoms with van der Waals surface area (Å²) in [6.07, 6.45) is 0.266. The Kier molecular flexibility index (Phi) is 3.27. The van der Waals surface area contributed by atoms with E-state index in [0.717, 1.165) is 16.7 Å². The largest absolute Gasteiger partial charge is 0.504 e. The van der Waals surface area contributed by atoms with Crippen LogP contribution in [0.5, 0.6) is 11.5 Å². The standard InChI is InChI=1S/C16H15NO4/c18-13-7-10-6-12(16(20)21)17-15(11(10)8-14(13)19)9-4-2-1-3-5-9/h1-5,7-8,12,15,17-19H,6H2,(H,20,21). The molecule has 5 nitrogen and oxygen atoms in total. The molecular formula is C16H15NO4. The Balaban J connectivity index is 2.12. The van der Waals surface area contributed by atoms with Crippen molar-refractivity contribution in [2.24, 2.45) is 0 Å². The summed E-state index contributed by atoms with van der Waals surface area (Å²) < 4.78 is 0. The molecule has 0 aromatic heterocycles. The van der Waals surface area contributed by atoms with Crippen molar-refractivity contribution in [3.63, 3.8) is 0 Å². The second-order valence-electron chi connectivity index (χ2n) is 5.15. The third-order valence-corrected chi connectivity index (χ3v) is 3.77. The van der Waals surface area contributed by atoms with E-state index in [1.54, 1.807) is 0 Å². The highest BCUT2D eigenvalue weighted by Gasteiger charge is 2.32. The summed E-state index contributed by atoms with van der Waals surface area (Å²) in [5.74, 6) is -1.37. The zero-order chi connectivity index (χ0) is 15.0. The van der Waals surface area contributed by atoms with Crippen LogP contribution in [-0.4, -0.2) is 27.3 Å². The smallest absolute Gasteiger partial charge is 0.321 e. The van der Waals surface area contributed by atoms with Crippen LogP contribution in [-0.2, 0) is 11.2 Å². The lowest BCUT2D eigenvalue weighted by Gasteiger charge is -2.31. The molecule has 2 atom stereocenters. The molecule has 0 bridgehead atoms. The molecule has 2 unspecified atom stereocenters. The van der Waals surface area contributed by atoms with E-state index >= 15 is 0 Å². The van der Waals surface area contributed by atoms with Crippen LogP contribution in [0.3, 0.4) is 0 Å². The topological polar surface area (TPSA) is 89.8 Å². The number of benzene rings is 2. The van der Waals surface area contributed by atoms with Crippen molar-refractivity contribution in [1.82, 2.24) is 5.32 Å². The molecule has 2 aromatic rings. The first-order valence-corrected chi connectivity index (χ1v) is 6.65. The maximum atomic E-state index is 11.3. The Hall–Kier alpha value is -2.53. The van der Waals surface area contributed by atoms with Gasteiger partial charge in [0.1, 0.15) is 6.04 Å². The van der Waals surface area contributed by atoms with Gasteiger partial charge >= 0.3 is 5.97 Å². The van der Waals surface area contributed by atoms with Crippen molar-refractivity contribution in [2.45, 2.75) is 18.5 Å². The van der Waals surface area contributed by atoms with Gasteiger partial charge in [-0.2, -0.15) is 0 Å². The number of fused-ring (bicyclic) bond motifs is 1. The molecule has 5 heteroatoms. The number of carboxylic acids is 1. The SMILES string of the molecule is O=C(O)C1Cc2cc(O)c(O)cc2C(c2ccccc2)N1. The summed E-state index contributed by atoms with van der Waals surface area (Å²) in [6.45, 7) is 0. The fourth-order valence-corrected chi connectivity index (χ4v) is 2.73. The number of nitrogens with one attached hydrogen (secondary N) is 1. The van der Waals surface area contributed by atoms with E-state index in [1.807, 2.05) is 30.3 Å². The van der Waals surface area contributed by atoms with Crippen molar-refractivity contribution in [3.8, 4) is 11.5 Å². The summed E-state index contributed by atoms with van der Waals surface area (Å²) >= 11 is 0. The number of phenolic OH excluding ortho intramolecular Hbond substituents is 2. The molecule has 0 saturated carbocycles. The molecule has 1 aliphatic heterocycles. The van der Waals surface area contributed by atoms with Crippen molar-refractivity contribution in [3.05, 3.63) is 59.2 Å².